The Morgan fingerprint density at radius 1 is 0.944 bits per heavy atom. The van der Waals surface area contributed by atoms with Gasteiger partial charge in [0.25, 0.3) is 11.8 Å². The van der Waals surface area contributed by atoms with Crippen LogP contribution in [0.2, 0.25) is 0 Å². The van der Waals surface area contributed by atoms with Gasteiger partial charge >= 0.3 is 0 Å². The molecule has 4 aromatic rings. The summed E-state index contributed by atoms with van der Waals surface area (Å²) >= 11 is 0. The maximum atomic E-state index is 14.1. The number of para-hydroxylation sites is 1. The van der Waals surface area contributed by atoms with Crippen LogP contribution in [0.3, 0.4) is 0 Å². The number of aromatic amines is 1. The van der Waals surface area contributed by atoms with Crippen LogP contribution in [-0.2, 0) is 4.79 Å². The Morgan fingerprint density at radius 3 is 2.33 bits per heavy atom. The molecule has 1 aliphatic heterocycles. The van der Waals surface area contributed by atoms with Crippen molar-refractivity contribution in [1.29, 1.82) is 0 Å². The number of benzene rings is 3. The van der Waals surface area contributed by atoms with E-state index in [0.717, 1.165) is 56.5 Å². The van der Waals surface area contributed by atoms with Crippen molar-refractivity contribution in [3.05, 3.63) is 65.2 Å². The highest BCUT2D eigenvalue weighted by atomic mass is 35.5. The van der Waals surface area contributed by atoms with Crippen LogP contribution in [0, 0.1) is 6.92 Å². The van der Waals surface area contributed by atoms with Crippen LogP contribution in [0.25, 0.3) is 22.2 Å². The molecule has 13 nitrogen and oxygen atoms in total. The lowest BCUT2D eigenvalue weighted by molar-refractivity contribution is -0.132. The molecular weight excluding hydrogens is 755 g/mol. The van der Waals surface area contributed by atoms with Gasteiger partial charge in [-0.2, -0.15) is 0 Å². The maximum absolute atomic E-state index is 14.1. The molecule has 296 valence electrons. The second kappa shape index (κ2) is 21.0. The summed E-state index contributed by atoms with van der Waals surface area (Å²) in [6.45, 7) is 6.87. The number of nitrogens with two attached hydrogens (primary N) is 2. The van der Waals surface area contributed by atoms with Gasteiger partial charge in [0.15, 0.2) is 0 Å². The topological polar surface area (TPSA) is 163 Å². The van der Waals surface area contributed by atoms with E-state index in [2.05, 4.69) is 16.9 Å². The Hall–Kier alpha value is -4.27. The molecule has 0 atom stereocenters. The number of nitrogens with one attached hydrogen (secondary N) is 1. The molecule has 0 unspecified atom stereocenters. The number of nitrogens with zero attached hydrogens (tertiary/aromatic N) is 5. The van der Waals surface area contributed by atoms with Gasteiger partial charge in [-0.15, -0.1) is 37.2 Å². The van der Waals surface area contributed by atoms with Crippen LogP contribution in [0.15, 0.2) is 48.5 Å². The largest absolute Gasteiger partial charge is 0.495 e. The number of H-pyrrole nitrogens is 1. The molecule has 3 amide bonds. The number of ether oxygens (including phenoxy) is 2. The molecule has 0 radical (unpaired) electrons. The third-order valence-corrected chi connectivity index (χ3v) is 9.38. The highest BCUT2D eigenvalue weighted by molar-refractivity contribution is 6.15. The molecule has 0 saturated carbocycles. The molecular formula is C38H53Cl3N8O5. The van der Waals surface area contributed by atoms with E-state index < -0.39 is 11.8 Å². The van der Waals surface area contributed by atoms with Crippen molar-refractivity contribution in [2.45, 2.75) is 32.6 Å². The molecule has 1 aromatic heterocycles. The number of halogens is 3. The van der Waals surface area contributed by atoms with Crippen LogP contribution in [0.4, 0.5) is 11.6 Å². The first-order valence-corrected chi connectivity index (χ1v) is 17.4. The van der Waals surface area contributed by atoms with Gasteiger partial charge in [0.2, 0.25) is 11.9 Å². The molecule has 1 fully saturated rings. The van der Waals surface area contributed by atoms with E-state index in [1.165, 1.54) is 12.0 Å². The molecule has 5 rings (SSSR count). The van der Waals surface area contributed by atoms with E-state index in [4.69, 9.17) is 25.9 Å². The van der Waals surface area contributed by atoms with Gasteiger partial charge < -0.3 is 45.5 Å². The van der Waals surface area contributed by atoms with Crippen LogP contribution in [0.1, 0.15) is 52.0 Å². The van der Waals surface area contributed by atoms with E-state index in [1.807, 2.05) is 60.2 Å². The first kappa shape index (κ1) is 45.9. The number of hydrogen-bond acceptors (Lipinski definition) is 9. The van der Waals surface area contributed by atoms with Gasteiger partial charge in [-0.05, 0) is 69.1 Å². The highest BCUT2D eigenvalue weighted by Gasteiger charge is 2.28. The number of primary amides is 1. The molecule has 1 saturated heterocycles. The predicted octanol–water partition coefficient (Wildman–Crippen LogP) is 5.30. The summed E-state index contributed by atoms with van der Waals surface area (Å²) in [7, 11) is 7.06. The van der Waals surface area contributed by atoms with Crippen LogP contribution >= 0.6 is 37.2 Å². The second-order valence-corrected chi connectivity index (χ2v) is 13.1. The Bertz CT molecular complexity index is 1880. The molecule has 0 aliphatic carbocycles. The highest BCUT2D eigenvalue weighted by Crippen LogP contribution is 2.39. The first-order chi connectivity index (χ1) is 24.5. The minimum absolute atomic E-state index is 0. The van der Waals surface area contributed by atoms with Crippen molar-refractivity contribution in [3.8, 4) is 22.6 Å². The summed E-state index contributed by atoms with van der Waals surface area (Å²) < 4.78 is 12.0. The van der Waals surface area contributed by atoms with Crippen LogP contribution in [-0.4, -0.2) is 112 Å². The average molecular weight is 808 g/mol. The number of anilines is 2. The molecule has 5 N–H and O–H groups in total. The van der Waals surface area contributed by atoms with Gasteiger partial charge in [0, 0.05) is 70.9 Å². The number of aryl methyl sites for hydroxylation is 1. The average Bonchev–Trinajstić information content (AvgIpc) is 3.57. The number of aromatic nitrogens is 2. The predicted molar refractivity (Wildman–Crippen MR) is 223 cm³/mol. The number of carbonyl (C=O) groups is 3. The summed E-state index contributed by atoms with van der Waals surface area (Å²) in [5.41, 5.74) is 16.0. The second-order valence-electron chi connectivity index (χ2n) is 13.1. The summed E-state index contributed by atoms with van der Waals surface area (Å²) in [6, 6.07) is 14.6. The van der Waals surface area contributed by atoms with Crippen LogP contribution < -0.4 is 30.7 Å². The van der Waals surface area contributed by atoms with E-state index in [1.54, 1.807) is 19.2 Å². The summed E-state index contributed by atoms with van der Waals surface area (Å²) in [5.74, 6) is 0.342. The number of likely N-dealkylation sites (N-methyl/N-ethyl adjacent to an activating group) is 2. The van der Waals surface area contributed by atoms with Crippen molar-refractivity contribution in [2.24, 2.45) is 11.5 Å². The lowest BCUT2D eigenvalue weighted by atomic mass is 9.95. The monoisotopic (exact) mass is 806 g/mol. The fourth-order valence-electron chi connectivity index (χ4n) is 6.40. The number of piperazine rings is 1. The van der Waals surface area contributed by atoms with Gasteiger partial charge in [-0.1, -0.05) is 18.2 Å². The minimum atomic E-state index is -0.797. The Kier molecular flexibility index (Phi) is 17.8. The summed E-state index contributed by atoms with van der Waals surface area (Å²) in [5, 5.41) is 0. The van der Waals surface area contributed by atoms with Gasteiger partial charge in [0.1, 0.15) is 11.5 Å². The normalized spacial score (nSPS) is 12.6. The van der Waals surface area contributed by atoms with Crippen molar-refractivity contribution in [2.75, 3.05) is 83.9 Å². The third kappa shape index (κ3) is 10.5. The quantitative estimate of drug-likeness (QED) is 0.135. The van der Waals surface area contributed by atoms with E-state index >= 15 is 0 Å². The minimum Gasteiger partial charge on any atom is -0.495 e. The number of unbranched alkanes of at least 4 members (excludes halogenated alkanes) is 2. The van der Waals surface area contributed by atoms with Crippen molar-refractivity contribution in [3.63, 3.8) is 0 Å². The maximum Gasteiger partial charge on any atom is 0.259 e. The number of methoxy groups -OCH3 is 1. The van der Waals surface area contributed by atoms with Gasteiger partial charge in [0.05, 0.1) is 41.6 Å². The SMILES string of the molecule is COc1c(-c2cccc3[nH]c(N(C)CCN)nc23)ccc(C(=O)N(C)c2ccc(C)cc2OCCCCCC(=O)N2CCN(C)CC2)c1C(N)=O.Cl.Cl.Cl. The lowest BCUT2D eigenvalue weighted by Crippen LogP contribution is -2.47. The van der Waals surface area contributed by atoms with E-state index in [-0.39, 0.29) is 60.0 Å². The fraction of sp³-hybridized carbons (Fsp3) is 0.421. The Balaban J connectivity index is 0.00000336. The molecule has 54 heavy (non-hydrogen) atoms. The van der Waals surface area contributed by atoms with Gasteiger partial charge in [-0.3, -0.25) is 14.4 Å². The van der Waals surface area contributed by atoms with Crippen LogP contribution in [0.5, 0.6) is 11.5 Å². The molecule has 2 heterocycles. The number of carbonyl (C=O) groups excluding carboxylic acids is 3. The Labute approximate surface area is 335 Å². The van der Waals surface area contributed by atoms with E-state index in [0.29, 0.717) is 60.1 Å². The molecule has 1 aliphatic rings. The fourth-order valence-corrected chi connectivity index (χ4v) is 6.40. The zero-order valence-corrected chi connectivity index (χ0v) is 34.0. The number of imidazole rings is 1. The van der Waals surface area contributed by atoms with Gasteiger partial charge in [-0.25, -0.2) is 4.98 Å². The molecule has 0 bridgehead atoms. The lowest BCUT2D eigenvalue weighted by Gasteiger charge is -2.32. The first-order valence-electron chi connectivity index (χ1n) is 17.4. The van der Waals surface area contributed by atoms with Crippen molar-refractivity contribution >= 4 is 77.6 Å². The molecule has 0 spiro atoms. The number of hydrogen-bond donors (Lipinski definition) is 3. The standard InChI is InChI=1S/C38H50N8O5.3ClH/c1-25-13-16-30(31(24-25)51-23-8-6-7-12-32(47)46-21-19-43(2)20-22-46)45(4)37(49)28-15-14-27(35(50-5)33(28)36(40)48)26-10-9-11-29-34(26)42-38(41-29)44(3)18-17-39;;;/h9-11,13-16,24H,6-8,12,17-23,39H2,1-5H3,(H2,40,48)(H,41,42);3*1H. The smallest absolute Gasteiger partial charge is 0.259 e. The number of amides is 3. The summed E-state index contributed by atoms with van der Waals surface area (Å²) in [4.78, 5) is 55.5. The summed E-state index contributed by atoms with van der Waals surface area (Å²) in [6.07, 6.45) is 2.94. The van der Waals surface area contributed by atoms with Crippen molar-refractivity contribution < 1.29 is 23.9 Å². The number of rotatable bonds is 15. The molecule has 16 heteroatoms. The zero-order valence-electron chi connectivity index (χ0n) is 31.6. The van der Waals surface area contributed by atoms with Crippen molar-refractivity contribution in [1.82, 2.24) is 19.8 Å². The zero-order chi connectivity index (χ0) is 36.7. The number of fused-ring (bicyclic) bond motifs is 1. The molecule has 3 aromatic carbocycles. The third-order valence-electron chi connectivity index (χ3n) is 9.38. The van der Waals surface area contributed by atoms with E-state index in [9.17, 15) is 14.4 Å². The Morgan fingerprint density at radius 2 is 1.67 bits per heavy atom.